The molecule has 0 unspecified atom stereocenters. The van der Waals surface area contributed by atoms with E-state index in [1.165, 1.54) is 11.3 Å². The third-order valence-corrected chi connectivity index (χ3v) is 2.45. The number of rotatable bonds is 3. The molecule has 2 aromatic rings. The molecule has 2 heterocycles. The van der Waals surface area contributed by atoms with Crippen molar-refractivity contribution in [3.63, 3.8) is 0 Å². The predicted molar refractivity (Wildman–Crippen MR) is 57.5 cm³/mol. The highest BCUT2D eigenvalue weighted by molar-refractivity contribution is 7.16. The van der Waals surface area contributed by atoms with Gasteiger partial charge in [0.15, 0.2) is 0 Å². The van der Waals surface area contributed by atoms with Crippen molar-refractivity contribution in [1.82, 2.24) is 9.97 Å². The molecule has 0 aromatic carbocycles. The molecule has 5 heteroatoms. The summed E-state index contributed by atoms with van der Waals surface area (Å²) in [5.74, 6) is 0.757. The lowest BCUT2D eigenvalue weighted by Gasteiger charge is -2.03. The third-order valence-electron chi connectivity index (χ3n) is 1.65. The van der Waals surface area contributed by atoms with E-state index in [1.807, 2.05) is 11.4 Å². The lowest BCUT2D eigenvalue weighted by Crippen LogP contribution is -2.00. The van der Waals surface area contributed by atoms with Crippen LogP contribution in [0.3, 0.4) is 0 Å². The fraction of sp³-hybridized carbons (Fsp3) is 0.111. The van der Waals surface area contributed by atoms with Gasteiger partial charge in [-0.25, -0.2) is 4.98 Å². The highest BCUT2D eigenvalue weighted by Crippen LogP contribution is 2.27. The van der Waals surface area contributed by atoms with Crippen molar-refractivity contribution in [1.29, 1.82) is 0 Å². The number of fused-ring (bicyclic) bond motifs is 1. The molecule has 0 spiro atoms. The summed E-state index contributed by atoms with van der Waals surface area (Å²) in [5, 5.41) is 2.82. The maximum Gasteiger partial charge on any atom is 0.227 e. The topological polar surface area (TPSA) is 61.0 Å². The quantitative estimate of drug-likeness (QED) is 0.780. The van der Waals surface area contributed by atoms with Gasteiger partial charge in [-0.15, -0.1) is 11.3 Å². The van der Waals surface area contributed by atoms with Crippen LogP contribution < -0.4 is 10.5 Å². The zero-order valence-corrected chi connectivity index (χ0v) is 8.25. The average Bonchev–Trinajstić information content (AvgIpc) is 2.61. The standard InChI is InChI=1S/C9H9N3OS/c1-2-4-13-7-6-3-5-14-8(6)12-9(10)11-7/h2-3,5H,1,4H2,(H2,10,11,12). The van der Waals surface area contributed by atoms with E-state index in [4.69, 9.17) is 10.5 Å². The fourth-order valence-electron chi connectivity index (χ4n) is 1.09. The molecule has 4 nitrogen and oxygen atoms in total. The van der Waals surface area contributed by atoms with E-state index in [0.29, 0.717) is 12.5 Å². The smallest absolute Gasteiger partial charge is 0.227 e. The molecule has 72 valence electrons. The number of nitrogens with two attached hydrogens (primary N) is 1. The average molecular weight is 207 g/mol. The summed E-state index contributed by atoms with van der Waals surface area (Å²) < 4.78 is 5.37. The number of hydrogen-bond acceptors (Lipinski definition) is 5. The van der Waals surface area contributed by atoms with E-state index in [-0.39, 0.29) is 5.95 Å². The monoisotopic (exact) mass is 207 g/mol. The van der Waals surface area contributed by atoms with E-state index >= 15 is 0 Å². The number of aromatic nitrogens is 2. The van der Waals surface area contributed by atoms with Crippen molar-refractivity contribution in [3.05, 3.63) is 24.1 Å². The van der Waals surface area contributed by atoms with Crippen molar-refractivity contribution in [2.45, 2.75) is 0 Å². The molecule has 0 atom stereocenters. The second-order valence-electron chi connectivity index (χ2n) is 2.63. The Hall–Kier alpha value is -1.62. The van der Waals surface area contributed by atoms with E-state index in [2.05, 4.69) is 16.5 Å². The van der Waals surface area contributed by atoms with Gasteiger partial charge in [-0.05, 0) is 11.4 Å². The predicted octanol–water partition coefficient (Wildman–Crippen LogP) is 1.84. The maximum absolute atomic E-state index is 5.53. The normalized spacial score (nSPS) is 10.3. The first-order valence-corrected chi connectivity index (χ1v) is 4.93. The van der Waals surface area contributed by atoms with Crippen LogP contribution in [0, 0.1) is 0 Å². The van der Waals surface area contributed by atoms with Crippen LogP contribution in [-0.2, 0) is 0 Å². The van der Waals surface area contributed by atoms with Crippen molar-refractivity contribution in [2.75, 3.05) is 12.3 Å². The second-order valence-corrected chi connectivity index (χ2v) is 3.52. The third kappa shape index (κ3) is 1.54. The Morgan fingerprint density at radius 3 is 3.21 bits per heavy atom. The van der Waals surface area contributed by atoms with Gasteiger partial charge in [0.1, 0.15) is 11.4 Å². The van der Waals surface area contributed by atoms with Gasteiger partial charge in [-0.3, -0.25) is 0 Å². The van der Waals surface area contributed by atoms with Crippen LogP contribution in [0.25, 0.3) is 10.2 Å². The molecule has 0 aliphatic rings. The van der Waals surface area contributed by atoms with Gasteiger partial charge in [0.25, 0.3) is 0 Å². The molecule has 2 aromatic heterocycles. The minimum absolute atomic E-state index is 0.235. The first-order chi connectivity index (χ1) is 6.81. The van der Waals surface area contributed by atoms with Gasteiger partial charge >= 0.3 is 0 Å². The lowest BCUT2D eigenvalue weighted by atomic mass is 10.4. The van der Waals surface area contributed by atoms with Gasteiger partial charge < -0.3 is 10.5 Å². The molecule has 2 N–H and O–H groups in total. The number of ether oxygens (including phenoxy) is 1. The van der Waals surface area contributed by atoms with E-state index in [0.717, 1.165) is 10.2 Å². The molecule has 2 rings (SSSR count). The Bertz CT molecular complexity index is 466. The second kappa shape index (κ2) is 3.63. The molecular formula is C9H9N3OS. The minimum atomic E-state index is 0.235. The van der Waals surface area contributed by atoms with Crippen LogP contribution >= 0.6 is 11.3 Å². The van der Waals surface area contributed by atoms with Crippen LogP contribution in [0.15, 0.2) is 24.1 Å². The molecule has 0 aliphatic heterocycles. The molecule has 0 bridgehead atoms. The van der Waals surface area contributed by atoms with Gasteiger partial charge in [0.2, 0.25) is 11.8 Å². The summed E-state index contributed by atoms with van der Waals surface area (Å²) >= 11 is 1.51. The van der Waals surface area contributed by atoms with E-state index < -0.39 is 0 Å². The zero-order valence-electron chi connectivity index (χ0n) is 7.43. The van der Waals surface area contributed by atoms with Crippen molar-refractivity contribution in [2.24, 2.45) is 0 Å². The van der Waals surface area contributed by atoms with Crippen LogP contribution in [0.4, 0.5) is 5.95 Å². The first kappa shape index (κ1) is 8.96. The molecule has 0 aliphatic carbocycles. The number of thiophene rings is 1. The molecule has 0 saturated heterocycles. The minimum Gasteiger partial charge on any atom is -0.473 e. The van der Waals surface area contributed by atoms with Gasteiger partial charge in [0, 0.05) is 0 Å². The molecule has 0 amide bonds. The molecular weight excluding hydrogens is 198 g/mol. The highest BCUT2D eigenvalue weighted by atomic mass is 32.1. The van der Waals surface area contributed by atoms with Gasteiger partial charge in [0.05, 0.1) is 5.39 Å². The Balaban J connectivity index is 2.49. The summed E-state index contributed by atoms with van der Waals surface area (Å²) in [6.07, 6.45) is 1.66. The van der Waals surface area contributed by atoms with Crippen LogP contribution in [0.1, 0.15) is 0 Å². The van der Waals surface area contributed by atoms with Crippen molar-refractivity contribution in [3.8, 4) is 5.88 Å². The van der Waals surface area contributed by atoms with Crippen LogP contribution in [-0.4, -0.2) is 16.6 Å². The number of nitrogens with zero attached hydrogens (tertiary/aromatic N) is 2. The molecule has 0 saturated carbocycles. The zero-order chi connectivity index (χ0) is 9.97. The van der Waals surface area contributed by atoms with Crippen molar-refractivity contribution >= 4 is 27.5 Å². The summed E-state index contributed by atoms with van der Waals surface area (Å²) in [6.45, 7) is 3.99. The Morgan fingerprint density at radius 1 is 1.57 bits per heavy atom. The maximum atomic E-state index is 5.53. The van der Waals surface area contributed by atoms with Gasteiger partial charge in [-0.1, -0.05) is 12.7 Å². The summed E-state index contributed by atoms with van der Waals surface area (Å²) in [7, 11) is 0. The molecule has 0 fully saturated rings. The Kier molecular flexibility index (Phi) is 2.32. The fourth-order valence-corrected chi connectivity index (χ4v) is 1.85. The number of anilines is 1. The summed E-state index contributed by atoms with van der Waals surface area (Å²) in [4.78, 5) is 8.94. The molecule has 0 radical (unpaired) electrons. The Labute approximate surface area is 85.1 Å². The number of hydrogen-bond donors (Lipinski definition) is 1. The SMILES string of the molecule is C=CCOc1nc(N)nc2sccc12. The largest absolute Gasteiger partial charge is 0.473 e. The Morgan fingerprint density at radius 2 is 2.43 bits per heavy atom. The summed E-state index contributed by atoms with van der Waals surface area (Å²) in [5.41, 5.74) is 5.53. The number of nitrogen functional groups attached to an aromatic ring is 1. The van der Waals surface area contributed by atoms with Gasteiger partial charge in [-0.2, -0.15) is 4.98 Å². The van der Waals surface area contributed by atoms with Crippen LogP contribution in [0.2, 0.25) is 0 Å². The summed E-state index contributed by atoms with van der Waals surface area (Å²) in [6, 6.07) is 1.91. The lowest BCUT2D eigenvalue weighted by molar-refractivity contribution is 0.354. The highest BCUT2D eigenvalue weighted by Gasteiger charge is 2.07. The first-order valence-electron chi connectivity index (χ1n) is 4.05. The molecule has 14 heavy (non-hydrogen) atoms. The van der Waals surface area contributed by atoms with Crippen molar-refractivity contribution < 1.29 is 4.74 Å². The van der Waals surface area contributed by atoms with E-state index in [9.17, 15) is 0 Å². The van der Waals surface area contributed by atoms with Crippen LogP contribution in [0.5, 0.6) is 5.88 Å². The van der Waals surface area contributed by atoms with E-state index in [1.54, 1.807) is 6.08 Å².